The predicted molar refractivity (Wildman–Crippen MR) is 69.9 cm³/mol. The Morgan fingerprint density at radius 1 is 1.00 bits per heavy atom. The Morgan fingerprint density at radius 3 is 2.28 bits per heavy atom. The van der Waals surface area contributed by atoms with Gasteiger partial charge in [-0.2, -0.15) is 0 Å². The number of hydrogen-bond donors (Lipinski definition) is 0. The molecule has 0 saturated heterocycles. The van der Waals surface area contributed by atoms with E-state index in [1.165, 1.54) is 30.3 Å². The lowest BCUT2D eigenvalue weighted by atomic mass is 10.1. The summed E-state index contributed by atoms with van der Waals surface area (Å²) in [5, 5.41) is 0.0138. The first kappa shape index (κ1) is 13.3. The second-order valence-electron chi connectivity index (χ2n) is 3.59. The van der Waals surface area contributed by atoms with E-state index in [2.05, 4.69) is 0 Å². The van der Waals surface area contributed by atoms with Gasteiger partial charge in [0.1, 0.15) is 5.82 Å². The predicted octanol–water partition coefficient (Wildman–Crippen LogP) is 4.07. The summed E-state index contributed by atoms with van der Waals surface area (Å²) < 4.78 is 35.7. The van der Waals surface area contributed by atoms with Crippen molar-refractivity contribution in [2.75, 3.05) is 0 Å². The van der Waals surface area contributed by atoms with Crippen molar-refractivity contribution >= 4 is 31.3 Å². The smallest absolute Gasteiger partial charge is 0.207 e. The third-order valence-corrected chi connectivity index (χ3v) is 4.03. The van der Waals surface area contributed by atoms with Crippen LogP contribution in [0.15, 0.2) is 47.4 Å². The Hall–Kier alpha value is -1.10. The Kier molecular flexibility index (Phi) is 3.61. The van der Waals surface area contributed by atoms with Crippen LogP contribution in [-0.4, -0.2) is 8.42 Å². The monoisotopic (exact) mass is 304 g/mol. The van der Waals surface area contributed by atoms with Crippen LogP contribution in [0.25, 0.3) is 11.1 Å². The summed E-state index contributed by atoms with van der Waals surface area (Å²) in [6.07, 6.45) is 0. The van der Waals surface area contributed by atoms with Gasteiger partial charge in [-0.15, -0.1) is 0 Å². The van der Waals surface area contributed by atoms with Gasteiger partial charge in [0.2, 0.25) is 0 Å². The number of rotatable bonds is 2. The molecule has 0 aliphatic carbocycles. The maximum atomic E-state index is 13.3. The van der Waals surface area contributed by atoms with Gasteiger partial charge < -0.3 is 0 Å². The minimum absolute atomic E-state index is 0.0138. The highest BCUT2D eigenvalue weighted by atomic mass is 35.7. The molecule has 0 atom stereocenters. The lowest BCUT2D eigenvalue weighted by molar-refractivity contribution is 0.609. The third kappa shape index (κ3) is 2.83. The molecule has 0 bridgehead atoms. The topological polar surface area (TPSA) is 34.1 Å². The van der Waals surface area contributed by atoms with Crippen LogP contribution in [0.2, 0.25) is 5.02 Å². The fourth-order valence-corrected chi connectivity index (χ4v) is 2.42. The van der Waals surface area contributed by atoms with E-state index in [1.807, 2.05) is 0 Å². The summed E-state index contributed by atoms with van der Waals surface area (Å²) in [5.41, 5.74) is 1.08. The van der Waals surface area contributed by atoms with Gasteiger partial charge in [-0.1, -0.05) is 29.8 Å². The molecule has 0 aromatic heterocycles. The SMILES string of the molecule is O=S(=O)(Cl)c1cccc(-c2ccc(Cl)c(F)c2)c1. The molecular formula is C12H7Cl2FO2S. The molecule has 18 heavy (non-hydrogen) atoms. The van der Waals surface area contributed by atoms with Crippen molar-refractivity contribution in [3.8, 4) is 11.1 Å². The van der Waals surface area contributed by atoms with Gasteiger partial charge >= 0.3 is 0 Å². The van der Waals surface area contributed by atoms with Crippen LogP contribution in [0.1, 0.15) is 0 Å². The summed E-state index contributed by atoms with van der Waals surface area (Å²) in [6, 6.07) is 10.2. The lowest BCUT2D eigenvalue weighted by Gasteiger charge is -2.04. The normalized spacial score (nSPS) is 11.5. The zero-order valence-corrected chi connectivity index (χ0v) is 11.2. The molecule has 0 aliphatic heterocycles. The summed E-state index contributed by atoms with van der Waals surface area (Å²) in [7, 11) is 1.45. The molecule has 0 N–H and O–H groups in total. The standard InChI is InChI=1S/C12H7Cl2FO2S/c13-11-5-4-9(7-12(11)15)8-2-1-3-10(6-8)18(14,16)17/h1-7H. The highest BCUT2D eigenvalue weighted by molar-refractivity contribution is 8.13. The second-order valence-corrected chi connectivity index (χ2v) is 6.57. The molecule has 94 valence electrons. The molecule has 0 saturated carbocycles. The molecule has 2 nitrogen and oxygen atoms in total. The van der Waals surface area contributed by atoms with Crippen LogP contribution in [0.3, 0.4) is 0 Å². The van der Waals surface area contributed by atoms with Gasteiger partial charge in [-0.25, -0.2) is 12.8 Å². The largest absolute Gasteiger partial charge is 0.261 e. The lowest BCUT2D eigenvalue weighted by Crippen LogP contribution is -1.91. The maximum Gasteiger partial charge on any atom is 0.261 e. The zero-order chi connectivity index (χ0) is 13.3. The molecular weight excluding hydrogens is 298 g/mol. The molecule has 2 aromatic carbocycles. The quantitative estimate of drug-likeness (QED) is 0.784. The van der Waals surface area contributed by atoms with E-state index in [1.54, 1.807) is 12.1 Å². The highest BCUT2D eigenvalue weighted by Gasteiger charge is 2.11. The van der Waals surface area contributed by atoms with Crippen molar-refractivity contribution in [2.24, 2.45) is 0 Å². The van der Waals surface area contributed by atoms with Crippen LogP contribution in [-0.2, 0) is 9.05 Å². The molecule has 0 heterocycles. The van der Waals surface area contributed by atoms with Crippen LogP contribution in [0.5, 0.6) is 0 Å². The van der Waals surface area contributed by atoms with E-state index in [0.29, 0.717) is 11.1 Å². The van der Waals surface area contributed by atoms with Gasteiger partial charge in [0.15, 0.2) is 0 Å². The molecule has 0 fully saturated rings. The number of benzene rings is 2. The molecule has 0 spiro atoms. The van der Waals surface area contributed by atoms with Crippen LogP contribution < -0.4 is 0 Å². The Bertz CT molecular complexity index is 699. The molecule has 2 rings (SSSR count). The molecule has 0 amide bonds. The summed E-state index contributed by atoms with van der Waals surface area (Å²) in [5.74, 6) is -0.562. The van der Waals surface area contributed by atoms with Crippen molar-refractivity contribution < 1.29 is 12.8 Å². The van der Waals surface area contributed by atoms with Gasteiger partial charge in [0.05, 0.1) is 9.92 Å². The van der Waals surface area contributed by atoms with Gasteiger partial charge in [0, 0.05) is 10.7 Å². The van der Waals surface area contributed by atoms with Crippen molar-refractivity contribution in [2.45, 2.75) is 4.90 Å². The summed E-state index contributed by atoms with van der Waals surface area (Å²) >= 11 is 5.58. The van der Waals surface area contributed by atoms with Gasteiger partial charge in [-0.05, 0) is 35.4 Å². The van der Waals surface area contributed by atoms with E-state index >= 15 is 0 Å². The average molecular weight is 305 g/mol. The first-order chi connectivity index (χ1) is 8.38. The van der Waals surface area contributed by atoms with Crippen LogP contribution in [0, 0.1) is 5.82 Å². The van der Waals surface area contributed by atoms with E-state index in [9.17, 15) is 12.8 Å². The maximum absolute atomic E-state index is 13.3. The first-order valence-corrected chi connectivity index (χ1v) is 7.57. The Labute approximate surface area is 113 Å². The van der Waals surface area contributed by atoms with E-state index in [4.69, 9.17) is 22.3 Å². The van der Waals surface area contributed by atoms with Gasteiger partial charge in [0.25, 0.3) is 9.05 Å². The molecule has 0 radical (unpaired) electrons. The van der Waals surface area contributed by atoms with Crippen LogP contribution in [0.4, 0.5) is 4.39 Å². The highest BCUT2D eigenvalue weighted by Crippen LogP contribution is 2.27. The minimum Gasteiger partial charge on any atom is -0.207 e. The van der Waals surface area contributed by atoms with Crippen LogP contribution >= 0.6 is 22.3 Å². The Morgan fingerprint density at radius 2 is 1.67 bits per heavy atom. The number of hydrogen-bond acceptors (Lipinski definition) is 2. The average Bonchev–Trinajstić information content (AvgIpc) is 2.32. The van der Waals surface area contributed by atoms with Gasteiger partial charge in [-0.3, -0.25) is 0 Å². The molecule has 2 aromatic rings. The van der Waals surface area contributed by atoms with E-state index in [0.717, 1.165) is 0 Å². The molecule has 0 unspecified atom stereocenters. The Balaban J connectivity index is 2.55. The summed E-state index contributed by atoms with van der Waals surface area (Å²) in [6.45, 7) is 0. The van der Waals surface area contributed by atoms with E-state index in [-0.39, 0.29) is 9.92 Å². The van der Waals surface area contributed by atoms with E-state index < -0.39 is 14.9 Å². The molecule has 6 heteroatoms. The fraction of sp³-hybridized carbons (Fsp3) is 0. The fourth-order valence-electron chi connectivity index (χ4n) is 1.50. The second kappa shape index (κ2) is 4.88. The summed E-state index contributed by atoms with van der Waals surface area (Å²) in [4.78, 5) is -0.0305. The molecule has 0 aliphatic rings. The van der Waals surface area contributed by atoms with Crippen molar-refractivity contribution in [3.05, 3.63) is 53.3 Å². The van der Waals surface area contributed by atoms with Crippen molar-refractivity contribution in [3.63, 3.8) is 0 Å². The third-order valence-electron chi connectivity index (χ3n) is 2.37. The first-order valence-electron chi connectivity index (χ1n) is 4.88. The van der Waals surface area contributed by atoms with Crippen molar-refractivity contribution in [1.82, 2.24) is 0 Å². The number of halogens is 3. The minimum atomic E-state index is -3.80. The zero-order valence-electron chi connectivity index (χ0n) is 8.90. The van der Waals surface area contributed by atoms with Crippen molar-refractivity contribution in [1.29, 1.82) is 0 Å².